The van der Waals surface area contributed by atoms with Crippen LogP contribution in [0, 0.1) is 0 Å². The van der Waals surface area contributed by atoms with Gasteiger partial charge in [0.2, 0.25) is 5.91 Å². The predicted molar refractivity (Wildman–Crippen MR) is 66.5 cm³/mol. The summed E-state index contributed by atoms with van der Waals surface area (Å²) in [5.41, 5.74) is 0. The summed E-state index contributed by atoms with van der Waals surface area (Å²) in [7, 11) is 0. The minimum atomic E-state index is 0.211. The zero-order valence-corrected chi connectivity index (χ0v) is 10.9. The summed E-state index contributed by atoms with van der Waals surface area (Å²) in [5, 5.41) is 0. The number of nitrogens with zero attached hydrogens (tertiary/aromatic N) is 3. The highest BCUT2D eigenvalue weighted by Crippen LogP contribution is 2.02. The van der Waals surface area contributed by atoms with Crippen molar-refractivity contribution in [3.8, 4) is 0 Å². The lowest BCUT2D eigenvalue weighted by atomic mass is 10.3. The number of hydrogen-bond donors (Lipinski definition) is 0. The third-order valence-electron chi connectivity index (χ3n) is 3.44. The molecule has 1 aliphatic rings. The Hall–Kier alpha value is -0.610. The molecule has 1 rings (SSSR count). The van der Waals surface area contributed by atoms with Gasteiger partial charge in [-0.25, -0.2) is 0 Å². The quantitative estimate of drug-likeness (QED) is 0.684. The molecule has 0 spiro atoms. The van der Waals surface area contributed by atoms with Gasteiger partial charge in [-0.3, -0.25) is 9.69 Å². The zero-order chi connectivity index (χ0) is 12.0. The summed E-state index contributed by atoms with van der Waals surface area (Å²) in [6, 6.07) is 0. The molecule has 0 aromatic heterocycles. The molecule has 0 atom stereocenters. The van der Waals surface area contributed by atoms with E-state index in [-0.39, 0.29) is 5.91 Å². The Labute approximate surface area is 99.2 Å². The van der Waals surface area contributed by atoms with Crippen LogP contribution in [-0.2, 0) is 4.79 Å². The third-order valence-corrected chi connectivity index (χ3v) is 3.44. The molecule has 1 saturated heterocycles. The van der Waals surface area contributed by atoms with Gasteiger partial charge in [-0.2, -0.15) is 0 Å². The molecule has 0 radical (unpaired) electrons. The van der Waals surface area contributed by atoms with Crippen molar-refractivity contribution in [1.82, 2.24) is 14.7 Å². The van der Waals surface area contributed by atoms with Crippen LogP contribution in [-0.4, -0.2) is 73.0 Å². The number of carbonyl (C=O) groups is 1. The molecule has 16 heavy (non-hydrogen) atoms. The first-order valence-corrected chi connectivity index (χ1v) is 6.37. The number of piperazine rings is 1. The van der Waals surface area contributed by atoms with Gasteiger partial charge in [0.05, 0.1) is 0 Å². The van der Waals surface area contributed by atoms with Crippen LogP contribution in [0.2, 0.25) is 0 Å². The number of hydrogen-bond acceptors (Lipinski definition) is 3. The van der Waals surface area contributed by atoms with Crippen LogP contribution in [0.15, 0.2) is 0 Å². The highest BCUT2D eigenvalue weighted by atomic mass is 16.2. The highest BCUT2D eigenvalue weighted by Gasteiger charge is 2.18. The largest absolute Gasteiger partial charge is 0.340 e. The monoisotopic (exact) mass is 227 g/mol. The van der Waals surface area contributed by atoms with E-state index in [4.69, 9.17) is 0 Å². The fourth-order valence-corrected chi connectivity index (χ4v) is 2.11. The van der Waals surface area contributed by atoms with Crippen molar-refractivity contribution in [3.05, 3.63) is 0 Å². The van der Waals surface area contributed by atoms with E-state index in [1.165, 1.54) is 0 Å². The van der Waals surface area contributed by atoms with E-state index >= 15 is 0 Å². The first kappa shape index (κ1) is 13.5. The fraction of sp³-hybridized carbons (Fsp3) is 0.917. The van der Waals surface area contributed by atoms with Gasteiger partial charge in [-0.05, 0) is 13.1 Å². The molecule has 1 amide bonds. The van der Waals surface area contributed by atoms with Crippen molar-refractivity contribution in [1.29, 1.82) is 0 Å². The Morgan fingerprint density at radius 2 is 1.69 bits per heavy atom. The van der Waals surface area contributed by atoms with E-state index in [1.54, 1.807) is 6.92 Å². The Kier molecular flexibility index (Phi) is 5.77. The minimum absolute atomic E-state index is 0.211. The molecule has 1 aliphatic heterocycles. The summed E-state index contributed by atoms with van der Waals surface area (Å²) in [6.45, 7) is 14.5. The van der Waals surface area contributed by atoms with E-state index < -0.39 is 0 Å². The number of amides is 1. The second-order valence-corrected chi connectivity index (χ2v) is 4.37. The summed E-state index contributed by atoms with van der Waals surface area (Å²) in [6.07, 6.45) is 0. The lowest BCUT2D eigenvalue weighted by Gasteiger charge is -2.35. The van der Waals surface area contributed by atoms with Crippen LogP contribution < -0.4 is 0 Å². The van der Waals surface area contributed by atoms with E-state index in [9.17, 15) is 4.79 Å². The highest BCUT2D eigenvalue weighted by molar-refractivity contribution is 5.73. The standard InChI is InChI=1S/C12H25N3O/c1-4-13(5-2)6-7-14-8-10-15(11-9-14)12(3)16/h4-11H2,1-3H3. The molecule has 1 heterocycles. The normalized spacial score (nSPS) is 18.1. The van der Waals surface area contributed by atoms with Gasteiger partial charge >= 0.3 is 0 Å². The van der Waals surface area contributed by atoms with Gasteiger partial charge in [0.15, 0.2) is 0 Å². The maximum absolute atomic E-state index is 11.2. The number of carbonyl (C=O) groups excluding carboxylic acids is 1. The zero-order valence-electron chi connectivity index (χ0n) is 10.9. The Morgan fingerprint density at radius 1 is 1.12 bits per heavy atom. The number of rotatable bonds is 5. The summed E-state index contributed by atoms with van der Waals surface area (Å²) < 4.78 is 0. The average Bonchev–Trinajstić information content (AvgIpc) is 2.31. The second-order valence-electron chi connectivity index (χ2n) is 4.37. The average molecular weight is 227 g/mol. The minimum Gasteiger partial charge on any atom is -0.340 e. The molecule has 0 unspecified atom stereocenters. The van der Waals surface area contributed by atoms with Crippen molar-refractivity contribution in [2.45, 2.75) is 20.8 Å². The summed E-state index contributed by atoms with van der Waals surface area (Å²) in [5.74, 6) is 0.211. The molecular weight excluding hydrogens is 202 g/mol. The van der Waals surface area contributed by atoms with E-state index in [0.717, 1.165) is 52.4 Å². The molecule has 94 valence electrons. The van der Waals surface area contributed by atoms with Crippen LogP contribution in [0.1, 0.15) is 20.8 Å². The fourth-order valence-electron chi connectivity index (χ4n) is 2.11. The van der Waals surface area contributed by atoms with Crippen LogP contribution >= 0.6 is 0 Å². The molecule has 4 heteroatoms. The first-order chi connectivity index (χ1) is 7.67. The summed E-state index contributed by atoms with van der Waals surface area (Å²) in [4.78, 5) is 18.0. The molecule has 0 bridgehead atoms. The maximum atomic E-state index is 11.2. The molecule has 1 fully saturated rings. The van der Waals surface area contributed by atoms with Gasteiger partial charge in [-0.15, -0.1) is 0 Å². The van der Waals surface area contributed by atoms with Crippen molar-refractivity contribution in [2.75, 3.05) is 52.4 Å². The van der Waals surface area contributed by atoms with Crippen molar-refractivity contribution in [2.24, 2.45) is 0 Å². The Balaban J connectivity index is 2.19. The van der Waals surface area contributed by atoms with Crippen molar-refractivity contribution in [3.63, 3.8) is 0 Å². The SMILES string of the molecule is CCN(CC)CCN1CCN(C(C)=O)CC1. The molecule has 0 aliphatic carbocycles. The lowest BCUT2D eigenvalue weighted by molar-refractivity contribution is -0.130. The topological polar surface area (TPSA) is 26.8 Å². The predicted octanol–water partition coefficient (Wildman–Crippen LogP) is 0.492. The smallest absolute Gasteiger partial charge is 0.219 e. The summed E-state index contributed by atoms with van der Waals surface area (Å²) >= 11 is 0. The lowest BCUT2D eigenvalue weighted by Crippen LogP contribution is -2.49. The maximum Gasteiger partial charge on any atom is 0.219 e. The third kappa shape index (κ3) is 4.10. The number of likely N-dealkylation sites (N-methyl/N-ethyl adjacent to an activating group) is 1. The van der Waals surface area contributed by atoms with Gasteiger partial charge in [0.1, 0.15) is 0 Å². The van der Waals surface area contributed by atoms with E-state index in [0.29, 0.717) is 0 Å². The molecule has 0 saturated carbocycles. The Bertz CT molecular complexity index is 208. The van der Waals surface area contributed by atoms with Crippen LogP contribution in [0.5, 0.6) is 0 Å². The van der Waals surface area contributed by atoms with Gasteiger partial charge in [-0.1, -0.05) is 13.8 Å². The molecule has 0 N–H and O–H groups in total. The van der Waals surface area contributed by atoms with Gasteiger partial charge < -0.3 is 9.80 Å². The van der Waals surface area contributed by atoms with Gasteiger partial charge in [0, 0.05) is 46.2 Å². The van der Waals surface area contributed by atoms with Crippen molar-refractivity contribution < 1.29 is 4.79 Å². The molecule has 0 aromatic rings. The van der Waals surface area contributed by atoms with Gasteiger partial charge in [0.25, 0.3) is 0 Å². The molecule has 0 aromatic carbocycles. The van der Waals surface area contributed by atoms with Crippen LogP contribution in [0.3, 0.4) is 0 Å². The molecule has 4 nitrogen and oxygen atoms in total. The Morgan fingerprint density at radius 3 is 2.12 bits per heavy atom. The van der Waals surface area contributed by atoms with Crippen molar-refractivity contribution >= 4 is 5.91 Å². The van der Waals surface area contributed by atoms with E-state index in [2.05, 4.69) is 23.6 Å². The van der Waals surface area contributed by atoms with Crippen LogP contribution in [0.4, 0.5) is 0 Å². The van der Waals surface area contributed by atoms with Crippen LogP contribution in [0.25, 0.3) is 0 Å². The van der Waals surface area contributed by atoms with E-state index in [1.807, 2.05) is 4.90 Å². The first-order valence-electron chi connectivity index (χ1n) is 6.37. The molecular formula is C12H25N3O. The second kappa shape index (κ2) is 6.86.